The summed E-state index contributed by atoms with van der Waals surface area (Å²) in [5.74, 6) is -0.395. The first kappa shape index (κ1) is 11.4. The van der Waals surface area contributed by atoms with E-state index in [0.29, 0.717) is 22.7 Å². The lowest BCUT2D eigenvalue weighted by Crippen LogP contribution is -2.02. The highest BCUT2D eigenvalue weighted by atomic mass is 35.5. The Bertz CT molecular complexity index is 523. The van der Waals surface area contributed by atoms with E-state index >= 15 is 0 Å². The zero-order valence-corrected chi connectivity index (χ0v) is 10.1. The molecule has 0 unspecified atom stereocenters. The molecule has 0 amide bonds. The topological polar surface area (TPSA) is 17.8 Å². The van der Waals surface area contributed by atoms with E-state index in [0.717, 1.165) is 0 Å². The second-order valence-electron chi connectivity index (χ2n) is 3.32. The summed E-state index contributed by atoms with van der Waals surface area (Å²) in [6.45, 7) is 1.86. The van der Waals surface area contributed by atoms with Crippen molar-refractivity contribution in [1.29, 1.82) is 0 Å². The van der Waals surface area contributed by atoms with Gasteiger partial charge in [0.25, 0.3) is 0 Å². The van der Waals surface area contributed by atoms with Gasteiger partial charge in [-0.25, -0.2) is 9.07 Å². The van der Waals surface area contributed by atoms with E-state index in [2.05, 4.69) is 5.10 Å². The molecule has 0 radical (unpaired) electrons. The van der Waals surface area contributed by atoms with Crippen LogP contribution < -0.4 is 0 Å². The van der Waals surface area contributed by atoms with Gasteiger partial charge in [0.05, 0.1) is 21.9 Å². The Morgan fingerprint density at radius 3 is 2.69 bits per heavy atom. The van der Waals surface area contributed by atoms with Crippen LogP contribution in [0, 0.1) is 5.82 Å². The molecule has 0 fully saturated rings. The molecule has 0 atom stereocenters. The molecule has 84 valence electrons. The largest absolute Gasteiger partial charge is 0.239 e. The van der Waals surface area contributed by atoms with E-state index in [-0.39, 0.29) is 5.02 Å². The zero-order valence-electron chi connectivity index (χ0n) is 8.54. The van der Waals surface area contributed by atoms with E-state index in [1.807, 2.05) is 6.92 Å². The Labute approximate surface area is 103 Å². The van der Waals surface area contributed by atoms with Gasteiger partial charge in [0.1, 0.15) is 5.82 Å². The second kappa shape index (κ2) is 4.44. The third-order valence-electron chi connectivity index (χ3n) is 2.32. The second-order valence-corrected chi connectivity index (χ2v) is 4.16. The molecule has 0 aliphatic heterocycles. The van der Waals surface area contributed by atoms with Crippen molar-refractivity contribution in [2.24, 2.45) is 0 Å². The van der Waals surface area contributed by atoms with Crippen LogP contribution in [0.4, 0.5) is 4.39 Å². The summed E-state index contributed by atoms with van der Waals surface area (Å²) in [5, 5.41) is 4.68. The van der Waals surface area contributed by atoms with Crippen molar-refractivity contribution in [3.8, 4) is 5.69 Å². The molecule has 1 aromatic carbocycles. The maximum atomic E-state index is 13.7. The Kier molecular flexibility index (Phi) is 3.17. The number of hydrogen-bond acceptors (Lipinski definition) is 1. The molecule has 16 heavy (non-hydrogen) atoms. The number of hydrogen-bond donors (Lipinski definition) is 0. The fraction of sp³-hybridized carbons (Fsp3) is 0.182. The molecule has 2 rings (SSSR count). The standard InChI is InChI=1S/C11H9Cl2FN2/c1-2-8-10(4-3-9(13)11(8)14)16-6-7(12)5-15-16/h3-6H,2H2,1H3. The van der Waals surface area contributed by atoms with Crippen LogP contribution >= 0.6 is 23.2 Å². The minimum Gasteiger partial charge on any atom is -0.239 e. The molecule has 0 saturated heterocycles. The first-order valence-corrected chi connectivity index (χ1v) is 5.56. The van der Waals surface area contributed by atoms with Crippen LogP contribution in [0.5, 0.6) is 0 Å². The van der Waals surface area contributed by atoms with Crippen LogP contribution in [0.3, 0.4) is 0 Å². The SMILES string of the molecule is CCc1c(-n2cc(Cl)cn2)ccc(Cl)c1F. The molecular formula is C11H9Cl2FN2. The molecule has 1 heterocycles. The summed E-state index contributed by atoms with van der Waals surface area (Å²) >= 11 is 11.5. The van der Waals surface area contributed by atoms with Gasteiger partial charge in [-0.3, -0.25) is 0 Å². The van der Waals surface area contributed by atoms with Gasteiger partial charge in [-0.05, 0) is 18.6 Å². The van der Waals surface area contributed by atoms with E-state index in [1.165, 1.54) is 12.3 Å². The molecule has 1 aromatic heterocycles. The molecule has 0 aliphatic rings. The highest BCUT2D eigenvalue weighted by molar-refractivity contribution is 6.31. The predicted octanol–water partition coefficient (Wildman–Crippen LogP) is 3.88. The zero-order chi connectivity index (χ0) is 11.7. The summed E-state index contributed by atoms with van der Waals surface area (Å²) in [6, 6.07) is 3.24. The molecule has 0 N–H and O–H groups in total. The molecule has 0 bridgehead atoms. The Balaban J connectivity index is 2.61. The molecule has 0 spiro atoms. The summed E-state index contributed by atoms with van der Waals surface area (Å²) < 4.78 is 15.3. The van der Waals surface area contributed by atoms with Crippen molar-refractivity contribution >= 4 is 23.2 Å². The average molecular weight is 259 g/mol. The van der Waals surface area contributed by atoms with Gasteiger partial charge in [-0.15, -0.1) is 0 Å². The van der Waals surface area contributed by atoms with Crippen molar-refractivity contribution in [3.05, 3.63) is 46.0 Å². The summed E-state index contributed by atoms with van der Waals surface area (Å²) in [5.41, 5.74) is 1.20. The lowest BCUT2D eigenvalue weighted by atomic mass is 10.1. The van der Waals surface area contributed by atoms with Crippen LogP contribution in [0.2, 0.25) is 10.0 Å². The van der Waals surface area contributed by atoms with Crippen LogP contribution in [0.1, 0.15) is 12.5 Å². The number of nitrogens with zero attached hydrogens (tertiary/aromatic N) is 2. The van der Waals surface area contributed by atoms with Gasteiger partial charge < -0.3 is 0 Å². The third kappa shape index (κ3) is 1.93. The smallest absolute Gasteiger partial charge is 0.147 e. The van der Waals surface area contributed by atoms with E-state index in [1.54, 1.807) is 16.9 Å². The first-order chi connectivity index (χ1) is 7.63. The molecule has 0 aliphatic carbocycles. The fourth-order valence-electron chi connectivity index (χ4n) is 1.57. The van der Waals surface area contributed by atoms with E-state index < -0.39 is 5.82 Å². The lowest BCUT2D eigenvalue weighted by molar-refractivity contribution is 0.609. The van der Waals surface area contributed by atoms with Gasteiger partial charge in [0.15, 0.2) is 0 Å². The van der Waals surface area contributed by atoms with Gasteiger partial charge in [-0.2, -0.15) is 5.10 Å². The molecule has 2 aromatic rings. The Hall–Kier alpha value is -1.06. The summed E-state index contributed by atoms with van der Waals surface area (Å²) in [6.07, 6.45) is 3.68. The van der Waals surface area contributed by atoms with Crippen LogP contribution in [0.25, 0.3) is 5.69 Å². The summed E-state index contributed by atoms with van der Waals surface area (Å²) in [4.78, 5) is 0. The Morgan fingerprint density at radius 2 is 2.12 bits per heavy atom. The fourth-order valence-corrected chi connectivity index (χ4v) is 1.88. The number of halogens is 3. The molecular weight excluding hydrogens is 250 g/mol. The van der Waals surface area contributed by atoms with Crippen molar-refractivity contribution in [2.75, 3.05) is 0 Å². The van der Waals surface area contributed by atoms with Crippen molar-refractivity contribution in [1.82, 2.24) is 9.78 Å². The van der Waals surface area contributed by atoms with Gasteiger partial charge in [0.2, 0.25) is 0 Å². The minimum atomic E-state index is -0.395. The molecule has 0 saturated carbocycles. The van der Waals surface area contributed by atoms with E-state index in [9.17, 15) is 4.39 Å². The minimum absolute atomic E-state index is 0.124. The van der Waals surface area contributed by atoms with Gasteiger partial charge in [-0.1, -0.05) is 30.1 Å². The quantitative estimate of drug-likeness (QED) is 0.800. The number of rotatable bonds is 2. The van der Waals surface area contributed by atoms with Crippen LogP contribution in [-0.4, -0.2) is 9.78 Å². The normalized spacial score (nSPS) is 10.8. The number of benzene rings is 1. The van der Waals surface area contributed by atoms with Gasteiger partial charge in [0, 0.05) is 11.8 Å². The predicted molar refractivity (Wildman–Crippen MR) is 62.9 cm³/mol. The average Bonchev–Trinajstić information content (AvgIpc) is 2.68. The van der Waals surface area contributed by atoms with Crippen LogP contribution in [-0.2, 0) is 6.42 Å². The molecule has 2 nitrogen and oxygen atoms in total. The monoisotopic (exact) mass is 258 g/mol. The van der Waals surface area contributed by atoms with Crippen molar-refractivity contribution < 1.29 is 4.39 Å². The maximum absolute atomic E-state index is 13.7. The lowest BCUT2D eigenvalue weighted by Gasteiger charge is -2.09. The molecule has 5 heteroatoms. The highest BCUT2D eigenvalue weighted by Gasteiger charge is 2.12. The third-order valence-corrected chi connectivity index (χ3v) is 2.81. The number of aromatic nitrogens is 2. The van der Waals surface area contributed by atoms with E-state index in [4.69, 9.17) is 23.2 Å². The van der Waals surface area contributed by atoms with Crippen molar-refractivity contribution in [3.63, 3.8) is 0 Å². The Morgan fingerprint density at radius 1 is 1.38 bits per heavy atom. The highest BCUT2D eigenvalue weighted by Crippen LogP contribution is 2.25. The maximum Gasteiger partial charge on any atom is 0.147 e. The first-order valence-electron chi connectivity index (χ1n) is 4.81. The van der Waals surface area contributed by atoms with Crippen LogP contribution in [0.15, 0.2) is 24.5 Å². The van der Waals surface area contributed by atoms with Crippen molar-refractivity contribution in [2.45, 2.75) is 13.3 Å². The van der Waals surface area contributed by atoms with Gasteiger partial charge >= 0.3 is 0 Å². The summed E-state index contributed by atoms with van der Waals surface area (Å²) in [7, 11) is 0.